The lowest BCUT2D eigenvalue weighted by atomic mass is 9.91. The Kier molecular flexibility index (Phi) is 6.47. The van der Waals surface area contributed by atoms with Crippen molar-refractivity contribution in [2.45, 2.75) is 64.9 Å². The van der Waals surface area contributed by atoms with Crippen molar-refractivity contribution in [2.75, 3.05) is 0 Å². The van der Waals surface area contributed by atoms with Gasteiger partial charge in [-0.3, -0.25) is 4.79 Å². The molecular formula is C15H22O2. The quantitative estimate of drug-likeness (QED) is 0.423. The van der Waals surface area contributed by atoms with Gasteiger partial charge in [0.1, 0.15) is 6.10 Å². The molecule has 2 heteroatoms. The molecule has 1 fully saturated rings. The van der Waals surface area contributed by atoms with Gasteiger partial charge in [-0.15, -0.1) is 0 Å². The normalized spacial score (nSPS) is 21.8. The highest BCUT2D eigenvalue weighted by Crippen LogP contribution is 2.26. The monoisotopic (exact) mass is 234 g/mol. The van der Waals surface area contributed by atoms with Crippen LogP contribution < -0.4 is 0 Å². The van der Waals surface area contributed by atoms with Crippen molar-refractivity contribution >= 4 is 5.97 Å². The van der Waals surface area contributed by atoms with E-state index < -0.39 is 0 Å². The summed E-state index contributed by atoms with van der Waals surface area (Å²) in [4.78, 5) is 11.0. The molecule has 2 nitrogen and oxygen atoms in total. The average Bonchev–Trinajstić information content (AvgIpc) is 2.30. The highest BCUT2D eigenvalue weighted by molar-refractivity contribution is 5.66. The number of carbonyl (C=O) groups is 1. The summed E-state index contributed by atoms with van der Waals surface area (Å²) in [5.74, 6) is 6.04. The molecule has 0 aliphatic heterocycles. The Hall–Kier alpha value is -1.23. The van der Waals surface area contributed by atoms with Gasteiger partial charge in [0, 0.05) is 13.3 Å². The predicted octanol–water partition coefficient (Wildman–Crippen LogP) is 3.61. The van der Waals surface area contributed by atoms with Crippen molar-refractivity contribution in [1.82, 2.24) is 0 Å². The van der Waals surface area contributed by atoms with Crippen molar-refractivity contribution in [3.8, 4) is 11.8 Å². The maximum Gasteiger partial charge on any atom is 0.303 e. The Bertz CT molecular complexity index is 331. The molecule has 1 aliphatic carbocycles. The second kappa shape index (κ2) is 7.95. The van der Waals surface area contributed by atoms with Crippen LogP contribution in [-0.4, -0.2) is 12.1 Å². The van der Waals surface area contributed by atoms with E-state index in [-0.39, 0.29) is 12.1 Å². The zero-order valence-electron chi connectivity index (χ0n) is 10.9. The Morgan fingerprint density at radius 3 is 3.06 bits per heavy atom. The molecule has 0 bridgehead atoms. The van der Waals surface area contributed by atoms with E-state index in [2.05, 4.69) is 18.8 Å². The van der Waals surface area contributed by atoms with Crippen molar-refractivity contribution in [3.63, 3.8) is 0 Å². The molecule has 0 aromatic carbocycles. The Balaban J connectivity index is 2.53. The number of esters is 1. The second-order valence-corrected chi connectivity index (χ2v) is 4.49. The van der Waals surface area contributed by atoms with E-state index in [0.29, 0.717) is 0 Å². The molecule has 0 N–H and O–H groups in total. The second-order valence-electron chi connectivity index (χ2n) is 4.49. The van der Waals surface area contributed by atoms with Gasteiger partial charge in [0.05, 0.1) is 0 Å². The number of carbonyl (C=O) groups excluding carboxylic acids is 1. The predicted molar refractivity (Wildman–Crippen MR) is 69.4 cm³/mol. The van der Waals surface area contributed by atoms with E-state index in [1.807, 2.05) is 6.08 Å². The molecular weight excluding hydrogens is 212 g/mol. The lowest BCUT2D eigenvalue weighted by molar-refractivity contribution is -0.145. The van der Waals surface area contributed by atoms with Gasteiger partial charge in [0.25, 0.3) is 0 Å². The molecule has 1 saturated carbocycles. The van der Waals surface area contributed by atoms with E-state index in [1.165, 1.54) is 25.3 Å². The Labute approximate surface area is 104 Å². The third-order valence-corrected chi connectivity index (χ3v) is 2.92. The number of allylic oxidation sites excluding steroid dienone is 1. The van der Waals surface area contributed by atoms with Crippen LogP contribution in [0.1, 0.15) is 58.8 Å². The number of hydrogen-bond acceptors (Lipinski definition) is 2. The minimum absolute atomic E-state index is 0.0262. The van der Waals surface area contributed by atoms with Crippen LogP contribution in [0.4, 0.5) is 0 Å². The topological polar surface area (TPSA) is 26.3 Å². The summed E-state index contributed by atoms with van der Waals surface area (Å²) in [5, 5.41) is 0. The fraction of sp³-hybridized carbons (Fsp3) is 0.667. The van der Waals surface area contributed by atoms with Gasteiger partial charge in [-0.1, -0.05) is 25.2 Å². The Morgan fingerprint density at radius 1 is 1.53 bits per heavy atom. The van der Waals surface area contributed by atoms with Gasteiger partial charge in [-0.2, -0.15) is 0 Å². The van der Waals surface area contributed by atoms with E-state index in [4.69, 9.17) is 4.74 Å². The van der Waals surface area contributed by atoms with E-state index in [9.17, 15) is 4.79 Å². The molecule has 0 saturated heterocycles. The van der Waals surface area contributed by atoms with Gasteiger partial charge in [-0.05, 0) is 43.8 Å². The first-order valence-electron chi connectivity index (χ1n) is 6.58. The van der Waals surface area contributed by atoms with Gasteiger partial charge in [0.2, 0.25) is 0 Å². The molecule has 0 aromatic rings. The van der Waals surface area contributed by atoms with Crippen LogP contribution in [0, 0.1) is 11.8 Å². The fourth-order valence-electron chi connectivity index (χ4n) is 1.99. The molecule has 0 spiro atoms. The van der Waals surface area contributed by atoms with E-state index >= 15 is 0 Å². The summed E-state index contributed by atoms with van der Waals surface area (Å²) in [6, 6.07) is 0. The third-order valence-electron chi connectivity index (χ3n) is 2.92. The highest BCUT2D eigenvalue weighted by atomic mass is 16.5. The van der Waals surface area contributed by atoms with Gasteiger partial charge in [0.15, 0.2) is 0 Å². The largest absolute Gasteiger partial charge is 0.458 e. The molecule has 17 heavy (non-hydrogen) atoms. The summed E-state index contributed by atoms with van der Waals surface area (Å²) in [6.07, 6.45) is 9.51. The van der Waals surface area contributed by atoms with Gasteiger partial charge in [-0.25, -0.2) is 0 Å². The molecule has 1 rings (SSSR count). The molecule has 0 heterocycles. The van der Waals surface area contributed by atoms with Crippen LogP contribution in [-0.2, 0) is 9.53 Å². The van der Waals surface area contributed by atoms with Crippen LogP contribution in [0.5, 0.6) is 0 Å². The van der Waals surface area contributed by atoms with Crippen molar-refractivity contribution in [3.05, 3.63) is 11.6 Å². The van der Waals surface area contributed by atoms with Crippen molar-refractivity contribution in [2.24, 2.45) is 0 Å². The number of hydrogen-bond donors (Lipinski definition) is 0. The highest BCUT2D eigenvalue weighted by Gasteiger charge is 2.20. The van der Waals surface area contributed by atoms with Crippen molar-refractivity contribution in [1.29, 1.82) is 0 Å². The first-order valence-corrected chi connectivity index (χ1v) is 6.58. The van der Waals surface area contributed by atoms with E-state index in [0.717, 1.165) is 32.1 Å². The first-order chi connectivity index (χ1) is 8.24. The van der Waals surface area contributed by atoms with Gasteiger partial charge < -0.3 is 4.74 Å². The summed E-state index contributed by atoms with van der Waals surface area (Å²) in [5.41, 5.74) is 1.19. The smallest absolute Gasteiger partial charge is 0.303 e. The van der Waals surface area contributed by atoms with Crippen LogP contribution >= 0.6 is 0 Å². The zero-order chi connectivity index (χ0) is 12.5. The first kappa shape index (κ1) is 13.8. The fourth-order valence-corrected chi connectivity index (χ4v) is 1.99. The van der Waals surface area contributed by atoms with Crippen LogP contribution in [0.25, 0.3) is 0 Å². The molecule has 1 atom stereocenters. The number of unbranched alkanes of at least 4 members (excludes halogenated alkanes) is 2. The number of ether oxygens (including phenoxy) is 1. The molecule has 1 aliphatic rings. The van der Waals surface area contributed by atoms with E-state index in [1.54, 1.807) is 0 Å². The molecule has 0 amide bonds. The average molecular weight is 234 g/mol. The van der Waals surface area contributed by atoms with Crippen molar-refractivity contribution < 1.29 is 9.53 Å². The summed E-state index contributed by atoms with van der Waals surface area (Å²) in [6.45, 7) is 3.64. The van der Waals surface area contributed by atoms with Crippen LogP contribution in [0.3, 0.4) is 0 Å². The maximum absolute atomic E-state index is 11.0. The van der Waals surface area contributed by atoms with Gasteiger partial charge >= 0.3 is 5.97 Å². The SMILES string of the molecule is CCCCC#C/C=C1\CCCCC1OC(C)=O. The summed E-state index contributed by atoms with van der Waals surface area (Å²) < 4.78 is 5.31. The zero-order valence-corrected chi connectivity index (χ0v) is 10.9. The van der Waals surface area contributed by atoms with Crippen LogP contribution in [0.2, 0.25) is 0 Å². The molecule has 94 valence electrons. The minimum Gasteiger partial charge on any atom is -0.458 e. The molecule has 1 unspecified atom stereocenters. The lowest BCUT2D eigenvalue weighted by Gasteiger charge is -2.24. The number of rotatable bonds is 3. The third kappa shape index (κ3) is 5.58. The summed E-state index contributed by atoms with van der Waals surface area (Å²) >= 11 is 0. The maximum atomic E-state index is 11.0. The lowest BCUT2D eigenvalue weighted by Crippen LogP contribution is -2.22. The molecule has 0 aromatic heterocycles. The van der Waals surface area contributed by atoms with Crippen LogP contribution in [0.15, 0.2) is 11.6 Å². The summed E-state index contributed by atoms with van der Waals surface area (Å²) in [7, 11) is 0. The Morgan fingerprint density at radius 2 is 2.35 bits per heavy atom. The minimum atomic E-state index is -0.193. The standard InChI is InChI=1S/C15H22O2/c1-3-4-5-6-7-10-14-11-8-9-12-15(14)17-13(2)16/h10,15H,3-5,8-9,11-12H2,1-2H3/b14-10+. The molecule has 0 radical (unpaired) electrons.